The Kier molecular flexibility index (Phi) is 10.5. The SMILES string of the molecule is C=CC1C[C@]1(CC(=O)[C@@H]1C[C@@H](Oc2nc(-c3ccc(N(CC)CC)cc3)cc3cc(C)ccc23)CN1C(=O)[C@@H](C)C(C)(C)C)C(=O)NS(=O)(=O)C1CC1. The van der Waals surface area contributed by atoms with Crippen LogP contribution in [0.15, 0.2) is 61.2 Å². The van der Waals surface area contributed by atoms with Crippen LogP contribution >= 0.6 is 0 Å². The highest BCUT2D eigenvalue weighted by Crippen LogP contribution is 2.57. The molecule has 2 heterocycles. The van der Waals surface area contributed by atoms with E-state index in [0.717, 1.165) is 46.4 Å². The van der Waals surface area contributed by atoms with Crippen molar-refractivity contribution in [3.05, 3.63) is 66.7 Å². The smallest absolute Gasteiger partial charge is 0.240 e. The number of carbonyl (C=O) groups is 3. The second-order valence-electron chi connectivity index (χ2n) is 16.3. The summed E-state index contributed by atoms with van der Waals surface area (Å²) in [6.07, 6.45) is 2.45. The number of pyridine rings is 1. The number of likely N-dealkylation sites (tertiary alicyclic amines) is 1. The number of allylic oxidation sites excluding steroid dienone is 1. The highest BCUT2D eigenvalue weighted by Gasteiger charge is 2.61. The third kappa shape index (κ3) is 7.86. The number of anilines is 1. The zero-order chi connectivity index (χ0) is 38.5. The number of nitrogens with one attached hydrogen (secondary N) is 1. The number of aromatic nitrogens is 1. The summed E-state index contributed by atoms with van der Waals surface area (Å²) < 4.78 is 34.4. The summed E-state index contributed by atoms with van der Waals surface area (Å²) in [5.74, 6) is -1.43. The lowest BCUT2D eigenvalue weighted by Gasteiger charge is -2.33. The Morgan fingerprint density at radius 1 is 1.09 bits per heavy atom. The molecule has 0 bridgehead atoms. The van der Waals surface area contributed by atoms with Gasteiger partial charge in [0.05, 0.1) is 28.9 Å². The Morgan fingerprint density at radius 2 is 1.77 bits per heavy atom. The van der Waals surface area contributed by atoms with E-state index in [1.807, 2.05) is 46.8 Å². The summed E-state index contributed by atoms with van der Waals surface area (Å²) in [6.45, 7) is 20.0. The lowest BCUT2D eigenvalue weighted by molar-refractivity contribution is -0.144. The molecule has 2 aromatic carbocycles. The van der Waals surface area contributed by atoms with Gasteiger partial charge in [0.15, 0.2) is 5.78 Å². The maximum absolute atomic E-state index is 14.3. The molecule has 284 valence electrons. The monoisotopic (exact) mass is 742 g/mol. The van der Waals surface area contributed by atoms with Gasteiger partial charge in [0.1, 0.15) is 6.10 Å². The molecule has 1 N–H and O–H groups in total. The molecule has 0 spiro atoms. The maximum atomic E-state index is 14.3. The zero-order valence-electron chi connectivity index (χ0n) is 32.1. The molecule has 2 saturated carbocycles. The van der Waals surface area contributed by atoms with Crippen molar-refractivity contribution in [2.45, 2.75) is 98.0 Å². The number of benzene rings is 2. The first-order chi connectivity index (χ1) is 25.0. The van der Waals surface area contributed by atoms with Crippen molar-refractivity contribution in [2.75, 3.05) is 24.5 Å². The van der Waals surface area contributed by atoms with Crippen LogP contribution < -0.4 is 14.4 Å². The van der Waals surface area contributed by atoms with Crippen molar-refractivity contribution in [3.8, 4) is 17.1 Å². The predicted molar refractivity (Wildman–Crippen MR) is 209 cm³/mol. The fourth-order valence-electron chi connectivity index (χ4n) is 7.53. The average Bonchev–Trinajstić information content (AvgIpc) is 4.04. The summed E-state index contributed by atoms with van der Waals surface area (Å²) in [7, 11) is -3.80. The number of nitrogens with zero attached hydrogens (tertiary/aromatic N) is 3. The minimum absolute atomic E-state index is 0.164. The Morgan fingerprint density at radius 3 is 2.36 bits per heavy atom. The number of ether oxygens (including phenoxy) is 1. The van der Waals surface area contributed by atoms with Gasteiger partial charge >= 0.3 is 0 Å². The first-order valence-corrected chi connectivity index (χ1v) is 20.5. The van der Waals surface area contributed by atoms with Crippen LogP contribution in [0.1, 0.15) is 79.2 Å². The van der Waals surface area contributed by atoms with Crippen LogP contribution in [0.5, 0.6) is 5.88 Å². The van der Waals surface area contributed by atoms with Gasteiger partial charge in [-0.2, -0.15) is 0 Å². The molecular weight excluding hydrogens is 689 g/mol. The summed E-state index contributed by atoms with van der Waals surface area (Å²) in [5.41, 5.74) is 2.35. The van der Waals surface area contributed by atoms with Crippen LogP contribution in [0, 0.1) is 29.6 Å². The summed E-state index contributed by atoms with van der Waals surface area (Å²) in [4.78, 5) is 50.9. The van der Waals surface area contributed by atoms with Gasteiger partial charge in [-0.05, 0) is 81.0 Å². The van der Waals surface area contributed by atoms with Crippen LogP contribution in [0.4, 0.5) is 5.69 Å². The number of rotatable bonds is 14. The Hall–Kier alpha value is -4.25. The minimum Gasteiger partial charge on any atom is -0.472 e. The first kappa shape index (κ1) is 38.5. The molecule has 10 nitrogen and oxygen atoms in total. The molecule has 11 heteroatoms. The molecule has 6 rings (SSSR count). The van der Waals surface area contributed by atoms with Crippen molar-refractivity contribution >= 4 is 44.1 Å². The van der Waals surface area contributed by atoms with Crippen molar-refractivity contribution < 1.29 is 27.5 Å². The van der Waals surface area contributed by atoms with Crippen LogP contribution in [0.25, 0.3) is 22.0 Å². The molecule has 1 unspecified atom stereocenters. The predicted octanol–water partition coefficient (Wildman–Crippen LogP) is 6.85. The molecule has 3 aliphatic rings. The van der Waals surface area contributed by atoms with E-state index in [9.17, 15) is 22.8 Å². The van der Waals surface area contributed by atoms with E-state index in [4.69, 9.17) is 9.72 Å². The van der Waals surface area contributed by atoms with E-state index in [-0.39, 0.29) is 42.4 Å². The summed E-state index contributed by atoms with van der Waals surface area (Å²) in [5, 5.41) is 1.23. The number of fused-ring (bicyclic) bond motifs is 1. The zero-order valence-corrected chi connectivity index (χ0v) is 33.0. The molecule has 0 radical (unpaired) electrons. The molecule has 1 aliphatic heterocycles. The van der Waals surface area contributed by atoms with Crippen LogP contribution in [-0.2, 0) is 24.4 Å². The largest absolute Gasteiger partial charge is 0.472 e. The van der Waals surface area contributed by atoms with Crippen molar-refractivity contribution in [1.29, 1.82) is 0 Å². The van der Waals surface area contributed by atoms with Crippen LogP contribution in [-0.4, -0.2) is 72.9 Å². The number of Topliss-reactive ketones (excluding diaryl/α,β-unsaturated/α-hetero) is 1. The molecule has 2 amide bonds. The number of hydrogen-bond donors (Lipinski definition) is 1. The van der Waals surface area contributed by atoms with Gasteiger partial charge < -0.3 is 14.5 Å². The number of carbonyl (C=O) groups excluding carboxylic acids is 3. The number of ketones is 1. The summed E-state index contributed by atoms with van der Waals surface area (Å²) in [6, 6.07) is 15.6. The fourth-order valence-corrected chi connectivity index (χ4v) is 8.92. The van der Waals surface area contributed by atoms with Crippen LogP contribution in [0.2, 0.25) is 0 Å². The third-order valence-corrected chi connectivity index (χ3v) is 13.5. The summed E-state index contributed by atoms with van der Waals surface area (Å²) >= 11 is 0. The van der Waals surface area contributed by atoms with Gasteiger partial charge in [-0.15, -0.1) is 6.58 Å². The number of aryl methyl sites for hydroxylation is 1. The van der Waals surface area contributed by atoms with Gasteiger partial charge in [-0.1, -0.05) is 63.6 Å². The highest BCUT2D eigenvalue weighted by atomic mass is 32.2. The van der Waals surface area contributed by atoms with Crippen molar-refractivity contribution in [1.82, 2.24) is 14.6 Å². The quantitative estimate of drug-likeness (QED) is 0.178. The average molecular weight is 743 g/mol. The van der Waals surface area contributed by atoms with Gasteiger partial charge in [0, 0.05) is 48.5 Å². The minimum atomic E-state index is -3.80. The van der Waals surface area contributed by atoms with E-state index in [1.165, 1.54) is 0 Å². The van der Waals surface area contributed by atoms with Crippen molar-refractivity contribution in [3.63, 3.8) is 0 Å². The first-order valence-electron chi connectivity index (χ1n) is 19.0. The second kappa shape index (κ2) is 14.5. The molecule has 53 heavy (non-hydrogen) atoms. The third-order valence-electron chi connectivity index (χ3n) is 11.7. The Balaban J connectivity index is 1.30. The van der Waals surface area contributed by atoms with Gasteiger partial charge in [-0.3, -0.25) is 19.1 Å². The molecule has 1 aromatic heterocycles. The molecular formula is C42H54N4O6S. The van der Waals surface area contributed by atoms with Gasteiger partial charge in [0.2, 0.25) is 27.7 Å². The molecule has 3 fully saturated rings. The van der Waals surface area contributed by atoms with E-state index in [1.54, 1.807) is 11.0 Å². The lowest BCUT2D eigenvalue weighted by Crippen LogP contribution is -2.47. The molecule has 3 aromatic rings. The number of sulfonamides is 1. The topological polar surface area (TPSA) is 126 Å². The molecule has 1 saturated heterocycles. The van der Waals surface area contributed by atoms with Crippen LogP contribution in [0.3, 0.4) is 0 Å². The fraction of sp³-hybridized carbons (Fsp3) is 0.524. The van der Waals surface area contributed by atoms with E-state index < -0.39 is 44.7 Å². The normalized spacial score (nSPS) is 23.4. The highest BCUT2D eigenvalue weighted by molar-refractivity contribution is 7.90. The van der Waals surface area contributed by atoms with Gasteiger partial charge in [0.25, 0.3) is 0 Å². The Labute approximate surface area is 314 Å². The van der Waals surface area contributed by atoms with E-state index in [0.29, 0.717) is 25.1 Å². The lowest BCUT2D eigenvalue weighted by atomic mass is 9.81. The van der Waals surface area contributed by atoms with Gasteiger partial charge in [-0.25, -0.2) is 13.4 Å². The number of amides is 2. The van der Waals surface area contributed by atoms with Crippen molar-refractivity contribution in [2.24, 2.45) is 22.7 Å². The molecule has 5 atom stereocenters. The standard InChI is InChI=1S/C42H54N4O6S/c1-9-30-23-42(30,40(49)44-53(50,51)33-17-18-33)24-37(47)36-22-32(25-46(36)39(48)27(5)41(6,7)8)52-38-34-19-12-26(4)20-29(34)21-35(43-38)28-13-15-31(16-14-28)45(10-2)11-3/h9,12-16,19-21,27,30,32-33,36H,1,10-11,17-18,22-25H2,2-8H3,(H,44,49)/t27-,30?,32-,36+,42-/m1/s1. The number of hydrogen-bond acceptors (Lipinski definition) is 8. The Bertz CT molecular complexity index is 2020. The maximum Gasteiger partial charge on any atom is 0.240 e. The molecule has 2 aliphatic carbocycles. The van der Waals surface area contributed by atoms with E-state index >= 15 is 0 Å². The second-order valence-corrected chi connectivity index (χ2v) is 18.3. The van der Waals surface area contributed by atoms with E-state index in [2.05, 4.69) is 66.4 Å².